The number of thioether (sulfide) groups is 1. The number of hydrogen-bond donors (Lipinski definition) is 0. The highest BCUT2D eigenvalue weighted by molar-refractivity contribution is 9.10. The number of anilines is 1. The van der Waals surface area contributed by atoms with Gasteiger partial charge >= 0.3 is 0 Å². The standard InChI is InChI=1S/C14H15BrN2O3S2/c1-2-13(18)16-14-17(10-5-3-4-9(15)6-10)11-7-22(19,20)8-12(11)21-14/h3-6,11-12H,2,7-8H2,1H3/t11-,12-/m1/s1. The third kappa shape index (κ3) is 3.09. The van der Waals surface area contributed by atoms with E-state index in [1.54, 1.807) is 6.92 Å². The maximum Gasteiger partial charge on any atom is 0.247 e. The van der Waals surface area contributed by atoms with E-state index in [9.17, 15) is 13.2 Å². The molecule has 0 aromatic heterocycles. The third-order valence-corrected chi connectivity index (χ3v) is 7.38. The van der Waals surface area contributed by atoms with Gasteiger partial charge in [-0.25, -0.2) is 8.42 Å². The van der Waals surface area contributed by atoms with E-state index >= 15 is 0 Å². The van der Waals surface area contributed by atoms with Gasteiger partial charge in [-0.3, -0.25) is 4.79 Å². The molecule has 1 aromatic rings. The Bertz CT molecular complexity index is 748. The van der Waals surface area contributed by atoms with Crippen LogP contribution in [0.4, 0.5) is 5.69 Å². The predicted octanol–water partition coefficient (Wildman–Crippen LogP) is 2.46. The van der Waals surface area contributed by atoms with Gasteiger partial charge in [-0.05, 0) is 18.2 Å². The van der Waals surface area contributed by atoms with Crippen molar-refractivity contribution in [2.75, 3.05) is 16.4 Å². The average molecular weight is 403 g/mol. The minimum atomic E-state index is -3.03. The van der Waals surface area contributed by atoms with Crippen LogP contribution < -0.4 is 4.90 Å². The van der Waals surface area contributed by atoms with Gasteiger partial charge in [0.05, 0.1) is 17.5 Å². The molecule has 2 fully saturated rings. The van der Waals surface area contributed by atoms with Gasteiger partial charge in [0.2, 0.25) is 5.91 Å². The summed E-state index contributed by atoms with van der Waals surface area (Å²) in [6, 6.07) is 7.46. The average Bonchev–Trinajstić information content (AvgIpc) is 2.89. The highest BCUT2D eigenvalue weighted by Gasteiger charge is 2.49. The van der Waals surface area contributed by atoms with E-state index in [0.717, 1.165) is 10.2 Å². The van der Waals surface area contributed by atoms with Crippen molar-refractivity contribution >= 4 is 54.3 Å². The smallest absolute Gasteiger partial charge is 0.247 e. The number of carbonyl (C=O) groups is 1. The molecule has 118 valence electrons. The van der Waals surface area contributed by atoms with Gasteiger partial charge in [0.15, 0.2) is 15.0 Å². The van der Waals surface area contributed by atoms with E-state index in [1.165, 1.54) is 11.8 Å². The monoisotopic (exact) mass is 402 g/mol. The maximum atomic E-state index is 11.9. The molecule has 5 nitrogen and oxygen atoms in total. The first kappa shape index (κ1) is 16.0. The topological polar surface area (TPSA) is 66.8 Å². The lowest BCUT2D eigenvalue weighted by atomic mass is 10.2. The molecule has 1 aromatic carbocycles. The van der Waals surface area contributed by atoms with Crippen LogP contribution >= 0.6 is 27.7 Å². The number of halogens is 1. The van der Waals surface area contributed by atoms with Gasteiger partial charge in [0.1, 0.15) is 0 Å². The zero-order valence-electron chi connectivity index (χ0n) is 11.9. The van der Waals surface area contributed by atoms with Gasteiger partial charge in [-0.2, -0.15) is 4.99 Å². The fourth-order valence-electron chi connectivity index (χ4n) is 2.68. The Kier molecular flexibility index (Phi) is 4.35. The van der Waals surface area contributed by atoms with Crippen LogP contribution in [0, 0.1) is 0 Å². The first-order valence-electron chi connectivity index (χ1n) is 6.93. The van der Waals surface area contributed by atoms with Crippen molar-refractivity contribution in [1.29, 1.82) is 0 Å². The molecule has 0 aliphatic carbocycles. The Balaban J connectivity index is 2.03. The van der Waals surface area contributed by atoms with E-state index < -0.39 is 9.84 Å². The first-order valence-corrected chi connectivity index (χ1v) is 10.4. The summed E-state index contributed by atoms with van der Waals surface area (Å²) in [6.45, 7) is 1.76. The summed E-state index contributed by atoms with van der Waals surface area (Å²) >= 11 is 4.83. The van der Waals surface area contributed by atoms with Crippen molar-refractivity contribution in [2.45, 2.75) is 24.6 Å². The third-order valence-electron chi connectivity index (χ3n) is 3.68. The first-order chi connectivity index (χ1) is 10.4. The molecule has 0 saturated carbocycles. The molecule has 3 rings (SSSR count). The maximum absolute atomic E-state index is 11.9. The molecule has 8 heteroatoms. The molecule has 0 bridgehead atoms. The second-order valence-corrected chi connectivity index (χ2v) is 9.57. The molecule has 22 heavy (non-hydrogen) atoms. The molecule has 0 unspecified atom stereocenters. The summed E-state index contributed by atoms with van der Waals surface area (Å²) in [5.41, 5.74) is 0.856. The Labute approximate surface area is 142 Å². The summed E-state index contributed by atoms with van der Waals surface area (Å²) in [7, 11) is -3.03. The number of sulfone groups is 1. The predicted molar refractivity (Wildman–Crippen MR) is 93.2 cm³/mol. The van der Waals surface area contributed by atoms with E-state index in [4.69, 9.17) is 0 Å². The van der Waals surface area contributed by atoms with E-state index in [1.807, 2.05) is 29.2 Å². The molecule has 2 aliphatic heterocycles. The van der Waals surface area contributed by atoms with Crippen molar-refractivity contribution in [1.82, 2.24) is 0 Å². The highest BCUT2D eigenvalue weighted by atomic mass is 79.9. The zero-order chi connectivity index (χ0) is 15.9. The number of fused-ring (bicyclic) bond motifs is 1. The minimum Gasteiger partial charge on any atom is -0.316 e. The molecule has 2 atom stereocenters. The van der Waals surface area contributed by atoms with Gasteiger partial charge in [0, 0.05) is 21.8 Å². The lowest BCUT2D eigenvalue weighted by molar-refractivity contribution is -0.117. The summed E-state index contributed by atoms with van der Waals surface area (Å²) in [4.78, 5) is 17.8. The quantitative estimate of drug-likeness (QED) is 0.759. The fourth-order valence-corrected chi connectivity index (χ4v) is 7.00. The number of amides is 1. The number of aliphatic imine (C=N–C) groups is 1. The lowest BCUT2D eigenvalue weighted by Crippen LogP contribution is -2.37. The van der Waals surface area contributed by atoms with Crippen molar-refractivity contribution in [3.05, 3.63) is 28.7 Å². The van der Waals surface area contributed by atoms with Crippen LogP contribution in [0.1, 0.15) is 13.3 Å². The van der Waals surface area contributed by atoms with Gasteiger partial charge in [-0.1, -0.05) is 40.7 Å². The molecule has 1 amide bonds. The number of carbonyl (C=O) groups excluding carboxylic acids is 1. The van der Waals surface area contributed by atoms with Crippen molar-refractivity contribution in [2.24, 2.45) is 4.99 Å². The van der Waals surface area contributed by atoms with Crippen LogP contribution in [0.2, 0.25) is 0 Å². The van der Waals surface area contributed by atoms with Crippen LogP contribution in [-0.2, 0) is 14.6 Å². The molecule has 0 radical (unpaired) electrons. The van der Waals surface area contributed by atoms with Gasteiger partial charge < -0.3 is 4.90 Å². The minimum absolute atomic E-state index is 0.0626. The molecular weight excluding hydrogens is 388 g/mol. The highest BCUT2D eigenvalue weighted by Crippen LogP contribution is 2.41. The molecule has 2 aliphatic rings. The van der Waals surface area contributed by atoms with Crippen LogP contribution in [0.3, 0.4) is 0 Å². The summed E-state index contributed by atoms with van der Waals surface area (Å²) in [5, 5.41) is 0.544. The zero-order valence-corrected chi connectivity index (χ0v) is 15.1. The Morgan fingerprint density at radius 1 is 1.45 bits per heavy atom. The van der Waals surface area contributed by atoms with Crippen LogP contribution in [-0.4, -0.2) is 42.3 Å². The molecular formula is C14H15BrN2O3S2. The number of nitrogens with zero attached hydrogens (tertiary/aromatic N) is 2. The van der Waals surface area contributed by atoms with E-state index in [-0.39, 0.29) is 28.7 Å². The van der Waals surface area contributed by atoms with E-state index in [2.05, 4.69) is 20.9 Å². The number of amidine groups is 1. The van der Waals surface area contributed by atoms with Crippen molar-refractivity contribution in [3.63, 3.8) is 0 Å². The second kappa shape index (κ2) is 5.98. The molecule has 0 spiro atoms. The molecule has 2 heterocycles. The van der Waals surface area contributed by atoms with Gasteiger partial charge in [0.25, 0.3) is 0 Å². The Morgan fingerprint density at radius 3 is 2.91 bits per heavy atom. The van der Waals surface area contributed by atoms with Crippen LogP contribution in [0.15, 0.2) is 33.7 Å². The summed E-state index contributed by atoms with van der Waals surface area (Å²) in [5.74, 6) is 0.0632. The second-order valence-electron chi connectivity index (χ2n) is 5.29. The number of rotatable bonds is 2. The van der Waals surface area contributed by atoms with E-state index in [0.29, 0.717) is 11.6 Å². The normalized spacial score (nSPS) is 28.1. The lowest BCUT2D eigenvalue weighted by Gasteiger charge is -2.24. The molecule has 2 saturated heterocycles. The largest absolute Gasteiger partial charge is 0.316 e. The van der Waals surface area contributed by atoms with Crippen molar-refractivity contribution < 1.29 is 13.2 Å². The number of benzene rings is 1. The number of hydrogen-bond acceptors (Lipinski definition) is 4. The Morgan fingerprint density at radius 2 is 2.23 bits per heavy atom. The van der Waals surface area contributed by atoms with Crippen molar-refractivity contribution in [3.8, 4) is 0 Å². The van der Waals surface area contributed by atoms with Crippen LogP contribution in [0.5, 0.6) is 0 Å². The van der Waals surface area contributed by atoms with Gasteiger partial charge in [-0.15, -0.1) is 0 Å². The Hall–Kier alpha value is -0.860. The molecule has 0 N–H and O–H groups in total. The fraction of sp³-hybridized carbons (Fsp3) is 0.429. The summed E-state index contributed by atoms with van der Waals surface area (Å²) in [6.07, 6.45) is 0.337. The van der Waals surface area contributed by atoms with Crippen LogP contribution in [0.25, 0.3) is 0 Å². The summed E-state index contributed by atoms with van der Waals surface area (Å²) < 4.78 is 24.7. The SMILES string of the molecule is CCC(=O)N=C1S[C@@H]2CS(=O)(=O)C[C@H]2N1c1cccc(Br)c1.